The first kappa shape index (κ1) is 10.1. The summed E-state index contributed by atoms with van der Waals surface area (Å²) in [5.41, 5.74) is 0.543. The predicted octanol–water partition coefficient (Wildman–Crippen LogP) is 3.68. The van der Waals surface area contributed by atoms with E-state index in [4.69, 9.17) is 0 Å². The molecule has 66 valence electrons. The third-order valence-corrected chi connectivity index (χ3v) is 2.41. The van der Waals surface area contributed by atoms with Crippen molar-refractivity contribution in [1.29, 1.82) is 0 Å². The molecule has 0 atom stereocenters. The standard InChI is InChI=1S/C7H5Br2F2N/c8-2-4-3-12-6(9)1-5(4)7(10)11/h1,3,7H,2H2. The fraction of sp³-hybridized carbons (Fsp3) is 0.286. The van der Waals surface area contributed by atoms with Crippen LogP contribution in [0.1, 0.15) is 17.6 Å². The first-order valence-electron chi connectivity index (χ1n) is 3.13. The molecule has 0 unspecified atom stereocenters. The highest BCUT2D eigenvalue weighted by Crippen LogP contribution is 2.26. The number of hydrogen-bond donors (Lipinski definition) is 0. The monoisotopic (exact) mass is 299 g/mol. The Labute approximate surface area is 85.4 Å². The van der Waals surface area contributed by atoms with Gasteiger partial charge in [-0.2, -0.15) is 0 Å². The number of aromatic nitrogens is 1. The van der Waals surface area contributed by atoms with Crippen LogP contribution in [0.2, 0.25) is 0 Å². The molecule has 0 saturated carbocycles. The molecule has 0 aliphatic rings. The third kappa shape index (κ3) is 2.23. The Kier molecular flexibility index (Phi) is 3.58. The van der Waals surface area contributed by atoms with Crippen molar-refractivity contribution < 1.29 is 8.78 Å². The van der Waals surface area contributed by atoms with Crippen LogP contribution in [0.25, 0.3) is 0 Å². The highest BCUT2D eigenvalue weighted by atomic mass is 79.9. The molecule has 0 aromatic carbocycles. The van der Waals surface area contributed by atoms with E-state index in [1.54, 1.807) is 0 Å². The maximum Gasteiger partial charge on any atom is 0.264 e. The van der Waals surface area contributed by atoms with Crippen LogP contribution in [0.3, 0.4) is 0 Å². The smallest absolute Gasteiger partial charge is 0.249 e. The van der Waals surface area contributed by atoms with Gasteiger partial charge in [-0.25, -0.2) is 13.8 Å². The quantitative estimate of drug-likeness (QED) is 0.600. The van der Waals surface area contributed by atoms with E-state index in [0.29, 0.717) is 15.5 Å². The molecular weight excluding hydrogens is 296 g/mol. The Morgan fingerprint density at radius 2 is 2.17 bits per heavy atom. The van der Waals surface area contributed by atoms with Crippen molar-refractivity contribution >= 4 is 31.9 Å². The number of halogens is 4. The normalized spacial score (nSPS) is 10.8. The average molecular weight is 301 g/mol. The Morgan fingerprint density at radius 1 is 1.50 bits per heavy atom. The van der Waals surface area contributed by atoms with Gasteiger partial charge in [0.05, 0.1) is 0 Å². The summed E-state index contributed by atoms with van der Waals surface area (Å²) >= 11 is 6.15. The molecule has 1 rings (SSSR count). The number of hydrogen-bond acceptors (Lipinski definition) is 1. The molecule has 0 bridgehead atoms. The summed E-state index contributed by atoms with van der Waals surface area (Å²) in [5.74, 6) is 0. The zero-order valence-corrected chi connectivity index (χ0v) is 9.07. The summed E-state index contributed by atoms with van der Waals surface area (Å²) in [6, 6.07) is 1.33. The lowest BCUT2D eigenvalue weighted by atomic mass is 10.2. The Hall–Kier alpha value is -0.0300. The summed E-state index contributed by atoms with van der Waals surface area (Å²) in [5, 5.41) is 0.396. The van der Waals surface area contributed by atoms with Crippen molar-refractivity contribution in [3.8, 4) is 0 Å². The molecule has 0 spiro atoms. The van der Waals surface area contributed by atoms with Crippen molar-refractivity contribution in [1.82, 2.24) is 4.98 Å². The maximum absolute atomic E-state index is 12.3. The van der Waals surface area contributed by atoms with Gasteiger partial charge in [0.2, 0.25) is 0 Å². The van der Waals surface area contributed by atoms with Crippen LogP contribution in [-0.4, -0.2) is 4.98 Å². The van der Waals surface area contributed by atoms with Gasteiger partial charge < -0.3 is 0 Å². The maximum atomic E-state index is 12.3. The second-order valence-corrected chi connectivity index (χ2v) is 3.51. The molecule has 1 heterocycles. The number of pyridine rings is 1. The summed E-state index contributed by atoms with van der Waals surface area (Å²) in [6.45, 7) is 0. The van der Waals surface area contributed by atoms with Crippen molar-refractivity contribution in [2.45, 2.75) is 11.8 Å². The van der Waals surface area contributed by atoms with Gasteiger partial charge in [-0.05, 0) is 27.6 Å². The van der Waals surface area contributed by atoms with Crippen molar-refractivity contribution in [2.24, 2.45) is 0 Å². The van der Waals surface area contributed by atoms with E-state index in [-0.39, 0.29) is 5.56 Å². The fourth-order valence-corrected chi connectivity index (χ4v) is 1.60. The minimum absolute atomic E-state index is 0.0220. The number of alkyl halides is 3. The largest absolute Gasteiger partial charge is 0.264 e. The van der Waals surface area contributed by atoms with E-state index in [1.807, 2.05) is 0 Å². The molecule has 0 saturated heterocycles. The fourth-order valence-electron chi connectivity index (χ4n) is 0.787. The average Bonchev–Trinajstić information content (AvgIpc) is 2.04. The zero-order chi connectivity index (χ0) is 9.14. The van der Waals surface area contributed by atoms with E-state index >= 15 is 0 Å². The molecule has 1 aromatic rings. The molecule has 0 aliphatic heterocycles. The van der Waals surface area contributed by atoms with Crippen LogP contribution in [0.5, 0.6) is 0 Å². The first-order valence-corrected chi connectivity index (χ1v) is 5.05. The third-order valence-electron chi connectivity index (χ3n) is 1.37. The van der Waals surface area contributed by atoms with Crippen LogP contribution < -0.4 is 0 Å². The van der Waals surface area contributed by atoms with Gasteiger partial charge in [0.15, 0.2) is 0 Å². The molecule has 0 radical (unpaired) electrons. The van der Waals surface area contributed by atoms with Gasteiger partial charge in [0, 0.05) is 17.1 Å². The van der Waals surface area contributed by atoms with E-state index in [9.17, 15) is 8.78 Å². The molecule has 0 aliphatic carbocycles. The van der Waals surface area contributed by atoms with Crippen LogP contribution in [-0.2, 0) is 5.33 Å². The lowest BCUT2D eigenvalue weighted by molar-refractivity contribution is 0.150. The number of rotatable bonds is 2. The van der Waals surface area contributed by atoms with Crippen LogP contribution in [0.4, 0.5) is 8.78 Å². The van der Waals surface area contributed by atoms with E-state index < -0.39 is 6.43 Å². The Morgan fingerprint density at radius 3 is 2.67 bits per heavy atom. The summed E-state index contributed by atoms with van der Waals surface area (Å²) < 4.78 is 25.1. The molecule has 1 aromatic heterocycles. The van der Waals surface area contributed by atoms with Gasteiger partial charge in [0.25, 0.3) is 6.43 Å². The molecular formula is C7H5Br2F2N. The van der Waals surface area contributed by atoms with Crippen LogP contribution >= 0.6 is 31.9 Å². The molecule has 12 heavy (non-hydrogen) atoms. The van der Waals surface area contributed by atoms with Gasteiger partial charge in [0.1, 0.15) is 4.60 Å². The minimum atomic E-state index is -2.45. The van der Waals surface area contributed by atoms with E-state index in [1.165, 1.54) is 12.3 Å². The van der Waals surface area contributed by atoms with Crippen molar-refractivity contribution in [2.75, 3.05) is 0 Å². The molecule has 0 fully saturated rings. The molecule has 0 amide bonds. The zero-order valence-electron chi connectivity index (χ0n) is 5.90. The first-order chi connectivity index (χ1) is 5.65. The lowest BCUT2D eigenvalue weighted by Gasteiger charge is -2.05. The molecule has 1 nitrogen and oxygen atoms in total. The van der Waals surface area contributed by atoms with E-state index in [2.05, 4.69) is 36.8 Å². The second kappa shape index (κ2) is 4.28. The van der Waals surface area contributed by atoms with Crippen LogP contribution in [0.15, 0.2) is 16.9 Å². The number of nitrogens with zero attached hydrogens (tertiary/aromatic N) is 1. The van der Waals surface area contributed by atoms with Crippen molar-refractivity contribution in [3.05, 3.63) is 28.0 Å². The highest BCUT2D eigenvalue weighted by Gasteiger charge is 2.12. The second-order valence-electron chi connectivity index (χ2n) is 2.14. The summed E-state index contributed by atoms with van der Waals surface area (Å²) in [7, 11) is 0. The lowest BCUT2D eigenvalue weighted by Crippen LogP contribution is -1.93. The van der Waals surface area contributed by atoms with Gasteiger partial charge >= 0.3 is 0 Å². The molecule has 0 N–H and O–H groups in total. The van der Waals surface area contributed by atoms with Gasteiger partial charge in [-0.3, -0.25) is 0 Å². The topological polar surface area (TPSA) is 12.9 Å². The van der Waals surface area contributed by atoms with Gasteiger partial charge in [-0.15, -0.1) is 0 Å². The van der Waals surface area contributed by atoms with Gasteiger partial charge in [-0.1, -0.05) is 15.9 Å². The van der Waals surface area contributed by atoms with Crippen LogP contribution in [0, 0.1) is 0 Å². The van der Waals surface area contributed by atoms with E-state index in [0.717, 1.165) is 0 Å². The minimum Gasteiger partial charge on any atom is -0.249 e. The van der Waals surface area contributed by atoms with Crippen molar-refractivity contribution in [3.63, 3.8) is 0 Å². The molecule has 5 heteroatoms. The summed E-state index contributed by atoms with van der Waals surface area (Å²) in [4.78, 5) is 3.85. The highest BCUT2D eigenvalue weighted by molar-refractivity contribution is 9.10. The summed E-state index contributed by atoms with van der Waals surface area (Å²) in [6.07, 6.45) is -1.02. The Bertz CT molecular complexity index is 278. The Balaban J connectivity index is 3.12. The predicted molar refractivity (Wildman–Crippen MR) is 49.5 cm³/mol. The SMILES string of the molecule is FC(F)c1cc(Br)ncc1CBr.